The Balaban J connectivity index is 1.60. The van der Waals surface area contributed by atoms with E-state index in [0.29, 0.717) is 25.0 Å². The smallest absolute Gasteiger partial charge is 0.255 e. The molecule has 5 nitrogen and oxygen atoms in total. The fraction of sp³-hybridized carbons (Fsp3) is 0.381. The minimum Gasteiger partial charge on any atom is -0.393 e. The van der Waals surface area contributed by atoms with Gasteiger partial charge in [0.1, 0.15) is 0 Å². The van der Waals surface area contributed by atoms with Crippen LogP contribution in [0.4, 0.5) is 18.9 Å². The zero-order valence-corrected chi connectivity index (χ0v) is 17.7. The molecular weight excluding hydrogens is 455 g/mol. The summed E-state index contributed by atoms with van der Waals surface area (Å²) in [5, 5.41) is 11.6. The number of rotatable bonds is 4. The van der Waals surface area contributed by atoms with Gasteiger partial charge >= 0.3 is 0 Å². The minimum atomic E-state index is -3.88. The molecule has 2 aromatic rings. The van der Waals surface area contributed by atoms with Crippen LogP contribution in [0.2, 0.25) is 5.02 Å². The van der Waals surface area contributed by atoms with E-state index < -0.39 is 44.5 Å². The topological polar surface area (TPSA) is 83.5 Å². The molecule has 0 spiro atoms. The zero-order chi connectivity index (χ0) is 22.5. The molecule has 2 saturated carbocycles. The number of aliphatic hydroxyl groups is 1. The molecule has 0 radical (unpaired) electrons. The van der Waals surface area contributed by atoms with Gasteiger partial charge in [0.25, 0.3) is 5.91 Å². The Morgan fingerprint density at radius 1 is 1.03 bits per heavy atom. The van der Waals surface area contributed by atoms with E-state index in [1.807, 2.05) is 0 Å². The summed E-state index contributed by atoms with van der Waals surface area (Å²) in [7, 11) is -3.88. The molecule has 4 rings (SSSR count). The zero-order valence-electron chi connectivity index (χ0n) is 16.1. The number of fused-ring (bicyclic) bond motifs is 2. The number of halogens is 4. The van der Waals surface area contributed by atoms with Crippen molar-refractivity contribution in [2.45, 2.75) is 41.9 Å². The van der Waals surface area contributed by atoms with Gasteiger partial charge in [-0.05, 0) is 55.7 Å². The first-order chi connectivity index (χ1) is 14.6. The molecular formula is C21H19ClF3NO4S. The number of hydrogen-bond acceptors (Lipinski definition) is 4. The molecule has 2 N–H and O–H groups in total. The van der Waals surface area contributed by atoms with Crippen LogP contribution in [0, 0.1) is 29.3 Å². The van der Waals surface area contributed by atoms with Crippen molar-refractivity contribution in [3.63, 3.8) is 0 Å². The fourth-order valence-electron chi connectivity index (χ4n) is 4.57. The van der Waals surface area contributed by atoms with Crippen LogP contribution in [0.25, 0.3) is 0 Å². The molecule has 0 aliphatic heterocycles. The molecule has 0 aromatic heterocycles. The summed E-state index contributed by atoms with van der Waals surface area (Å²) in [5.74, 6) is -5.59. The average Bonchev–Trinajstić information content (AvgIpc) is 2.91. The molecule has 166 valence electrons. The average molecular weight is 474 g/mol. The molecule has 0 saturated heterocycles. The summed E-state index contributed by atoms with van der Waals surface area (Å²) >= 11 is 6.14. The van der Waals surface area contributed by atoms with E-state index in [1.54, 1.807) is 0 Å². The quantitative estimate of drug-likeness (QED) is 0.647. The maximum absolute atomic E-state index is 13.4. The van der Waals surface area contributed by atoms with Gasteiger partial charge in [-0.3, -0.25) is 4.79 Å². The third-order valence-corrected chi connectivity index (χ3v) is 8.84. The molecule has 2 aliphatic carbocycles. The maximum atomic E-state index is 13.4. The van der Waals surface area contributed by atoms with Gasteiger partial charge in [-0.2, -0.15) is 0 Å². The summed E-state index contributed by atoms with van der Waals surface area (Å²) in [6.07, 6.45) is 1.70. The van der Waals surface area contributed by atoms with E-state index in [-0.39, 0.29) is 33.0 Å². The van der Waals surface area contributed by atoms with Gasteiger partial charge in [0.05, 0.1) is 21.3 Å². The van der Waals surface area contributed by atoms with Crippen LogP contribution in [-0.2, 0) is 9.84 Å². The largest absolute Gasteiger partial charge is 0.393 e. The van der Waals surface area contributed by atoms with Crippen LogP contribution in [0.3, 0.4) is 0 Å². The predicted molar refractivity (Wildman–Crippen MR) is 108 cm³/mol. The number of aliphatic hydroxyl groups excluding tert-OH is 1. The Kier molecular flexibility index (Phi) is 5.78. The SMILES string of the molecule is O=C(Nc1cc(F)c(F)c(F)c1)c1ccc(Cl)c(S(=O)(=O)C2CC3CC[C@@H](C2)C3O)c1. The standard InChI is InChI=1S/C21H19ClF3NO4S/c22-15-4-3-12(21(28)26-13-8-16(23)19(25)17(24)9-13)7-18(15)31(29,30)14-5-10-1-2-11(6-14)20(10)27/h3-4,7-11,14,20,27H,1-2,5-6H2,(H,26,28)/t10-,11?,14?,20?/m0/s1. The molecule has 2 bridgehead atoms. The van der Waals surface area contributed by atoms with E-state index in [2.05, 4.69) is 5.32 Å². The van der Waals surface area contributed by atoms with Gasteiger partial charge in [-0.1, -0.05) is 11.6 Å². The van der Waals surface area contributed by atoms with Crippen molar-refractivity contribution < 1.29 is 31.5 Å². The number of nitrogens with one attached hydrogen (secondary N) is 1. The summed E-state index contributed by atoms with van der Waals surface area (Å²) in [5.41, 5.74) is -0.412. The first-order valence-corrected chi connectivity index (χ1v) is 11.7. The second-order valence-corrected chi connectivity index (χ2v) is 10.7. The molecule has 1 amide bonds. The summed E-state index contributed by atoms with van der Waals surface area (Å²) < 4.78 is 66.4. The number of carbonyl (C=O) groups excluding carboxylic acids is 1. The summed E-state index contributed by atoms with van der Waals surface area (Å²) in [4.78, 5) is 12.3. The van der Waals surface area contributed by atoms with E-state index in [9.17, 15) is 31.5 Å². The normalized spacial score (nSPS) is 25.5. The van der Waals surface area contributed by atoms with Crippen molar-refractivity contribution in [2.24, 2.45) is 11.8 Å². The number of hydrogen-bond donors (Lipinski definition) is 2. The number of sulfone groups is 1. The van der Waals surface area contributed by atoms with Gasteiger partial charge in [0.15, 0.2) is 27.3 Å². The Morgan fingerprint density at radius 2 is 1.61 bits per heavy atom. The molecule has 4 atom stereocenters. The number of benzene rings is 2. The molecule has 3 unspecified atom stereocenters. The third kappa shape index (κ3) is 4.06. The highest BCUT2D eigenvalue weighted by molar-refractivity contribution is 7.92. The highest BCUT2D eigenvalue weighted by Crippen LogP contribution is 2.46. The van der Waals surface area contributed by atoms with E-state index in [0.717, 1.165) is 18.9 Å². The molecule has 2 aliphatic rings. The van der Waals surface area contributed by atoms with Gasteiger partial charge in [-0.25, -0.2) is 21.6 Å². The van der Waals surface area contributed by atoms with E-state index >= 15 is 0 Å². The van der Waals surface area contributed by atoms with E-state index in [4.69, 9.17) is 11.6 Å². The van der Waals surface area contributed by atoms with Crippen LogP contribution >= 0.6 is 11.6 Å². The lowest BCUT2D eigenvalue weighted by molar-refractivity contribution is 0.0618. The number of anilines is 1. The van der Waals surface area contributed by atoms with Gasteiger partial charge in [0, 0.05) is 23.4 Å². The molecule has 0 heterocycles. The van der Waals surface area contributed by atoms with E-state index in [1.165, 1.54) is 12.1 Å². The first kappa shape index (κ1) is 22.1. The fourth-order valence-corrected chi connectivity index (χ4v) is 7.00. The van der Waals surface area contributed by atoms with Crippen LogP contribution in [0.1, 0.15) is 36.0 Å². The predicted octanol–water partition coefficient (Wildman–Crippen LogP) is 4.33. The second-order valence-electron chi connectivity index (χ2n) is 8.08. The highest BCUT2D eigenvalue weighted by Gasteiger charge is 2.46. The van der Waals surface area contributed by atoms with Gasteiger partial charge in [-0.15, -0.1) is 0 Å². The van der Waals surface area contributed by atoms with Crippen molar-refractivity contribution in [1.29, 1.82) is 0 Å². The molecule has 10 heteroatoms. The lowest BCUT2D eigenvalue weighted by Gasteiger charge is -2.32. The molecule has 2 aromatic carbocycles. The van der Waals surface area contributed by atoms with Crippen molar-refractivity contribution in [3.8, 4) is 0 Å². The lowest BCUT2D eigenvalue weighted by atomic mass is 9.86. The van der Waals surface area contributed by atoms with Crippen molar-refractivity contribution >= 4 is 33.0 Å². The first-order valence-electron chi connectivity index (χ1n) is 9.75. The van der Waals surface area contributed by atoms with Crippen molar-refractivity contribution in [1.82, 2.24) is 0 Å². The Morgan fingerprint density at radius 3 is 2.19 bits per heavy atom. The van der Waals surface area contributed by atoms with Crippen LogP contribution in [-0.4, -0.2) is 30.8 Å². The van der Waals surface area contributed by atoms with Gasteiger partial charge < -0.3 is 10.4 Å². The Hall–Kier alpha value is -2.10. The van der Waals surface area contributed by atoms with Crippen LogP contribution in [0.15, 0.2) is 35.2 Å². The van der Waals surface area contributed by atoms with Gasteiger partial charge in [0.2, 0.25) is 0 Å². The lowest BCUT2D eigenvalue weighted by Crippen LogP contribution is -2.37. The third-order valence-electron chi connectivity index (χ3n) is 6.19. The Labute approximate surface area is 182 Å². The number of amides is 1. The van der Waals surface area contributed by atoms with Crippen molar-refractivity contribution in [2.75, 3.05) is 5.32 Å². The maximum Gasteiger partial charge on any atom is 0.255 e. The highest BCUT2D eigenvalue weighted by atomic mass is 35.5. The van der Waals surface area contributed by atoms with Crippen LogP contribution in [0.5, 0.6) is 0 Å². The second kappa shape index (κ2) is 8.11. The Bertz CT molecular complexity index is 1120. The minimum absolute atomic E-state index is 0.0473. The monoisotopic (exact) mass is 473 g/mol. The molecule has 31 heavy (non-hydrogen) atoms. The van der Waals surface area contributed by atoms with Crippen LogP contribution < -0.4 is 5.32 Å². The summed E-state index contributed by atoms with van der Waals surface area (Å²) in [6, 6.07) is 4.90. The molecule has 2 fully saturated rings. The number of carbonyl (C=O) groups is 1. The van der Waals surface area contributed by atoms with Crippen molar-refractivity contribution in [3.05, 3.63) is 58.4 Å². The summed E-state index contributed by atoms with van der Waals surface area (Å²) in [6.45, 7) is 0.